The summed E-state index contributed by atoms with van der Waals surface area (Å²) in [7, 11) is 0. The minimum absolute atomic E-state index is 0. The fourth-order valence-corrected chi connectivity index (χ4v) is 0.560. The largest absolute Gasteiger partial charge is 0.147 e. The van der Waals surface area contributed by atoms with Crippen LogP contribution in [0.4, 0.5) is 0 Å². The van der Waals surface area contributed by atoms with Crippen molar-refractivity contribution in [2.45, 2.75) is 0 Å². The van der Waals surface area contributed by atoms with Crippen LogP contribution in [0.25, 0.3) is 0 Å². The van der Waals surface area contributed by atoms with Gasteiger partial charge in [0, 0.05) is 5.02 Å². The third-order valence-corrected chi connectivity index (χ3v) is 0.985. The zero-order valence-electron chi connectivity index (χ0n) is 4.58. The molecule has 0 aromatic heterocycles. The van der Waals surface area contributed by atoms with E-state index >= 15 is 0 Å². The molecular weight excluding hydrogens is 178 g/mol. The van der Waals surface area contributed by atoms with Crippen LogP contribution < -0.4 is 0 Å². The molecule has 0 heterocycles. The summed E-state index contributed by atoms with van der Waals surface area (Å²) in [5.41, 5.74) is 0. The lowest BCUT2D eigenvalue weighted by Crippen LogP contribution is -1.55. The zero-order chi connectivity index (χ0) is 5.11. The zero-order valence-corrected chi connectivity index (χ0v) is 6.97. The van der Waals surface area contributed by atoms with Gasteiger partial charge in [-0.15, -0.1) is 24.8 Å². The molecule has 0 unspecified atom stereocenters. The number of halogens is 3. The van der Waals surface area contributed by atoms with E-state index in [1.54, 1.807) is 0 Å². The highest BCUT2D eigenvalue weighted by molar-refractivity contribution is 6.30. The molecule has 0 nitrogen and oxygen atoms in total. The molecule has 0 bridgehead atoms. The maximum atomic E-state index is 5.54. The van der Waals surface area contributed by atoms with Crippen molar-refractivity contribution >= 4 is 36.4 Å². The SMILES string of the molecule is Cl.Cl.Clc1ccccc1. The lowest BCUT2D eigenvalue weighted by Gasteiger charge is -1.80. The fourth-order valence-electron chi connectivity index (χ4n) is 0.415. The van der Waals surface area contributed by atoms with E-state index in [1.165, 1.54) is 0 Å². The monoisotopic (exact) mass is 184 g/mol. The van der Waals surface area contributed by atoms with Gasteiger partial charge in [-0.3, -0.25) is 0 Å². The lowest BCUT2D eigenvalue weighted by atomic mass is 10.4. The van der Waals surface area contributed by atoms with Crippen LogP contribution in [0, 0.1) is 0 Å². The molecule has 52 valence electrons. The van der Waals surface area contributed by atoms with Crippen molar-refractivity contribution in [1.29, 1.82) is 0 Å². The Balaban J connectivity index is 0. The third-order valence-electron chi connectivity index (χ3n) is 0.733. The molecule has 0 atom stereocenters. The van der Waals surface area contributed by atoms with Crippen molar-refractivity contribution in [2.24, 2.45) is 0 Å². The maximum absolute atomic E-state index is 5.54. The van der Waals surface area contributed by atoms with Crippen LogP contribution in [0.2, 0.25) is 5.02 Å². The minimum Gasteiger partial charge on any atom is -0.147 e. The molecule has 0 saturated heterocycles. The molecule has 0 aliphatic rings. The van der Waals surface area contributed by atoms with Crippen LogP contribution in [-0.2, 0) is 0 Å². The van der Waals surface area contributed by atoms with Crippen LogP contribution in [-0.4, -0.2) is 0 Å². The molecule has 3 heteroatoms. The Kier molecular flexibility index (Phi) is 8.17. The van der Waals surface area contributed by atoms with Crippen LogP contribution in [0.5, 0.6) is 0 Å². The second-order valence-electron chi connectivity index (χ2n) is 1.30. The second-order valence-corrected chi connectivity index (χ2v) is 1.73. The first kappa shape index (κ1) is 11.8. The standard InChI is InChI=1S/C6H5Cl.2ClH/c7-6-4-2-1-3-5-6;;/h1-5H;2*1H. The van der Waals surface area contributed by atoms with Gasteiger partial charge < -0.3 is 0 Å². The second kappa shape index (κ2) is 6.21. The van der Waals surface area contributed by atoms with Gasteiger partial charge in [0.2, 0.25) is 0 Å². The van der Waals surface area contributed by atoms with Crippen LogP contribution in [0.3, 0.4) is 0 Å². The molecule has 0 amide bonds. The van der Waals surface area contributed by atoms with E-state index in [1.807, 2.05) is 30.3 Å². The van der Waals surface area contributed by atoms with Gasteiger partial charge in [-0.05, 0) is 12.1 Å². The number of rotatable bonds is 0. The Morgan fingerprint density at radius 3 is 1.56 bits per heavy atom. The van der Waals surface area contributed by atoms with Crippen molar-refractivity contribution < 1.29 is 0 Å². The van der Waals surface area contributed by atoms with E-state index in [4.69, 9.17) is 11.6 Å². The Hall–Kier alpha value is 0.0900. The van der Waals surface area contributed by atoms with Gasteiger partial charge in [0.05, 0.1) is 0 Å². The Morgan fingerprint density at radius 2 is 1.33 bits per heavy atom. The van der Waals surface area contributed by atoms with Gasteiger partial charge in [0.1, 0.15) is 0 Å². The highest BCUT2D eigenvalue weighted by Gasteiger charge is 1.74. The maximum Gasteiger partial charge on any atom is 0.0405 e. The van der Waals surface area contributed by atoms with Gasteiger partial charge in [-0.1, -0.05) is 29.8 Å². The number of hydrogen-bond donors (Lipinski definition) is 0. The van der Waals surface area contributed by atoms with Gasteiger partial charge >= 0.3 is 0 Å². The molecule has 1 aromatic rings. The predicted octanol–water partition coefficient (Wildman–Crippen LogP) is 3.18. The first-order valence-electron chi connectivity index (χ1n) is 2.10. The highest BCUT2D eigenvalue weighted by Crippen LogP contribution is 2.03. The van der Waals surface area contributed by atoms with E-state index in [2.05, 4.69) is 0 Å². The van der Waals surface area contributed by atoms with Crippen molar-refractivity contribution in [3.8, 4) is 0 Å². The lowest BCUT2D eigenvalue weighted by molar-refractivity contribution is 1.71. The Morgan fingerprint density at radius 1 is 0.889 bits per heavy atom. The highest BCUT2D eigenvalue weighted by atomic mass is 35.5. The van der Waals surface area contributed by atoms with Crippen LogP contribution in [0.1, 0.15) is 0 Å². The molecule has 0 spiro atoms. The molecule has 9 heavy (non-hydrogen) atoms. The summed E-state index contributed by atoms with van der Waals surface area (Å²) < 4.78 is 0. The van der Waals surface area contributed by atoms with E-state index in [-0.39, 0.29) is 24.8 Å². The molecule has 0 aliphatic heterocycles. The van der Waals surface area contributed by atoms with Crippen molar-refractivity contribution in [1.82, 2.24) is 0 Å². The summed E-state index contributed by atoms with van der Waals surface area (Å²) in [4.78, 5) is 0. The van der Waals surface area contributed by atoms with E-state index in [0.717, 1.165) is 5.02 Å². The van der Waals surface area contributed by atoms with Gasteiger partial charge in [-0.2, -0.15) is 0 Å². The smallest absolute Gasteiger partial charge is 0.0405 e. The molecule has 0 aliphatic carbocycles. The molecular formula is C6H7Cl3. The first-order chi connectivity index (χ1) is 3.39. The molecule has 0 saturated carbocycles. The average molecular weight is 185 g/mol. The fraction of sp³-hybridized carbons (Fsp3) is 0. The normalized spacial score (nSPS) is 6.78. The van der Waals surface area contributed by atoms with Gasteiger partial charge in [0.15, 0.2) is 0 Å². The van der Waals surface area contributed by atoms with Crippen molar-refractivity contribution in [2.75, 3.05) is 0 Å². The molecule has 0 radical (unpaired) electrons. The number of benzene rings is 1. The number of hydrogen-bond acceptors (Lipinski definition) is 0. The summed E-state index contributed by atoms with van der Waals surface area (Å²) in [6.45, 7) is 0. The predicted molar refractivity (Wildman–Crippen MR) is 45.9 cm³/mol. The summed E-state index contributed by atoms with van der Waals surface area (Å²) in [6, 6.07) is 9.44. The summed E-state index contributed by atoms with van der Waals surface area (Å²) in [5.74, 6) is 0. The average Bonchev–Trinajstić information content (AvgIpc) is 1.69. The summed E-state index contributed by atoms with van der Waals surface area (Å²) in [6.07, 6.45) is 0. The Labute approximate surface area is 72.0 Å². The van der Waals surface area contributed by atoms with Gasteiger partial charge in [-0.25, -0.2) is 0 Å². The molecule has 1 aromatic carbocycles. The quantitative estimate of drug-likeness (QED) is 0.582. The van der Waals surface area contributed by atoms with Crippen LogP contribution >= 0.6 is 36.4 Å². The van der Waals surface area contributed by atoms with Gasteiger partial charge in [0.25, 0.3) is 0 Å². The topological polar surface area (TPSA) is 0 Å². The molecule has 0 fully saturated rings. The van der Waals surface area contributed by atoms with E-state index in [9.17, 15) is 0 Å². The van der Waals surface area contributed by atoms with Crippen molar-refractivity contribution in [3.63, 3.8) is 0 Å². The van der Waals surface area contributed by atoms with E-state index < -0.39 is 0 Å². The minimum atomic E-state index is 0. The molecule has 0 N–H and O–H groups in total. The third kappa shape index (κ3) is 4.58. The summed E-state index contributed by atoms with van der Waals surface area (Å²) in [5, 5.41) is 0.794. The molecule has 1 rings (SSSR count). The van der Waals surface area contributed by atoms with E-state index in [0.29, 0.717) is 0 Å². The first-order valence-corrected chi connectivity index (χ1v) is 2.48. The summed E-state index contributed by atoms with van der Waals surface area (Å²) >= 11 is 5.54. The Bertz CT molecular complexity index is 138. The van der Waals surface area contributed by atoms with Crippen LogP contribution in [0.15, 0.2) is 30.3 Å². The van der Waals surface area contributed by atoms with Crippen molar-refractivity contribution in [3.05, 3.63) is 35.4 Å².